The Morgan fingerprint density at radius 3 is 2.58 bits per heavy atom. The monoisotopic (exact) mass is 476 g/mol. The van der Waals surface area contributed by atoms with Crippen LogP contribution >= 0.6 is 11.6 Å². The highest BCUT2D eigenvalue weighted by Gasteiger charge is 2.82. The number of carbonyl (C=O) groups is 4. The molecule has 0 aromatic rings. The number of hydrogen-bond donors (Lipinski definition) is 0. The first-order valence-corrected chi connectivity index (χ1v) is 12.0. The zero-order valence-electron chi connectivity index (χ0n) is 19.3. The number of hydrogen-bond acceptors (Lipinski definition) is 7. The van der Waals surface area contributed by atoms with Crippen LogP contribution in [0.1, 0.15) is 53.4 Å². The third-order valence-electron chi connectivity index (χ3n) is 9.22. The fourth-order valence-corrected chi connectivity index (χ4v) is 8.32. The third-order valence-corrected chi connectivity index (χ3v) is 9.63. The lowest BCUT2D eigenvalue weighted by atomic mass is 9.46. The van der Waals surface area contributed by atoms with Gasteiger partial charge in [-0.15, -0.1) is 11.6 Å². The van der Waals surface area contributed by atoms with Gasteiger partial charge in [0.1, 0.15) is 5.60 Å². The average Bonchev–Trinajstić information content (AvgIpc) is 3.38. The van der Waals surface area contributed by atoms with Gasteiger partial charge in [0.15, 0.2) is 18.0 Å². The summed E-state index contributed by atoms with van der Waals surface area (Å²) in [5, 5.41) is -0.327. The molecule has 33 heavy (non-hydrogen) atoms. The van der Waals surface area contributed by atoms with Gasteiger partial charge in [-0.2, -0.15) is 0 Å². The van der Waals surface area contributed by atoms with Crippen molar-refractivity contribution in [1.29, 1.82) is 0 Å². The molecule has 0 bridgehead atoms. The van der Waals surface area contributed by atoms with Gasteiger partial charge >= 0.3 is 11.9 Å². The first-order valence-electron chi connectivity index (χ1n) is 11.5. The topological polar surface area (TPSA) is 99.3 Å². The number of esters is 2. The molecule has 0 radical (unpaired) electrons. The maximum absolute atomic E-state index is 13.5. The fraction of sp³-hybridized carbons (Fsp3) is 0.680. The molecular formula is C25H29ClO7. The lowest BCUT2D eigenvalue weighted by molar-refractivity contribution is -0.187. The summed E-state index contributed by atoms with van der Waals surface area (Å²) < 4.78 is 17.4. The Bertz CT molecular complexity index is 1030. The minimum atomic E-state index is -1.38. The van der Waals surface area contributed by atoms with E-state index in [1.807, 2.05) is 13.0 Å². The Morgan fingerprint density at radius 2 is 1.91 bits per heavy atom. The number of allylic oxidation sites excluding steroid dienone is 2. The first-order chi connectivity index (χ1) is 15.4. The number of ketones is 2. The highest BCUT2D eigenvalue weighted by Crippen LogP contribution is 2.76. The summed E-state index contributed by atoms with van der Waals surface area (Å²) in [4.78, 5) is 49.1. The van der Waals surface area contributed by atoms with Gasteiger partial charge in [-0.1, -0.05) is 13.0 Å². The molecule has 1 heterocycles. The van der Waals surface area contributed by atoms with Gasteiger partial charge in [-0.3, -0.25) is 19.2 Å². The summed E-state index contributed by atoms with van der Waals surface area (Å²) in [5.41, 5.74) is -2.16. The van der Waals surface area contributed by atoms with Crippen molar-refractivity contribution < 1.29 is 33.4 Å². The molecule has 0 N–H and O–H groups in total. The molecule has 5 rings (SSSR count). The molecule has 178 valence electrons. The molecule has 1 spiro atoms. The van der Waals surface area contributed by atoms with E-state index in [0.717, 1.165) is 5.57 Å². The quantitative estimate of drug-likeness (QED) is 0.349. The standard InChI is InChI=1S/C25H29ClO7/c1-13(27)31-12-20(30)24(32-14(2)28)8-6-16-17-10-19(26)18-9-15(29)5-7-22(18,3)25(17)21(33-25)11-23(16,24)4/h5,7,9,16-17,19,21H,6,8,10-12H2,1-4H3/t16-,17-,19?,21?,22-,23-,24-,25-/m0/s1. The Balaban J connectivity index is 1.56. The van der Waals surface area contributed by atoms with Crippen LogP contribution in [-0.4, -0.2) is 52.8 Å². The fourth-order valence-electron chi connectivity index (χ4n) is 7.84. The van der Waals surface area contributed by atoms with E-state index in [-0.39, 0.29) is 34.9 Å². The number of ether oxygens (including phenoxy) is 3. The van der Waals surface area contributed by atoms with Crippen molar-refractivity contribution in [3.8, 4) is 0 Å². The molecule has 4 aliphatic carbocycles. The van der Waals surface area contributed by atoms with Crippen LogP contribution in [0.25, 0.3) is 0 Å². The van der Waals surface area contributed by atoms with Crippen LogP contribution in [0.2, 0.25) is 0 Å². The van der Waals surface area contributed by atoms with E-state index in [1.54, 1.807) is 12.2 Å². The molecule has 5 aliphatic rings. The number of rotatable bonds is 4. The van der Waals surface area contributed by atoms with Gasteiger partial charge in [-0.25, -0.2) is 0 Å². The zero-order valence-corrected chi connectivity index (χ0v) is 20.1. The van der Waals surface area contributed by atoms with E-state index >= 15 is 0 Å². The second kappa shape index (κ2) is 7.01. The number of fused-ring (bicyclic) bond motifs is 3. The van der Waals surface area contributed by atoms with E-state index in [9.17, 15) is 19.2 Å². The van der Waals surface area contributed by atoms with Crippen molar-refractivity contribution in [3.63, 3.8) is 0 Å². The Kier molecular flexibility index (Phi) is 4.84. The number of epoxide rings is 1. The molecule has 3 saturated carbocycles. The van der Waals surface area contributed by atoms with Crippen molar-refractivity contribution in [2.75, 3.05) is 6.61 Å². The molecule has 0 aromatic carbocycles. The van der Waals surface area contributed by atoms with Crippen molar-refractivity contribution in [2.24, 2.45) is 22.7 Å². The van der Waals surface area contributed by atoms with Crippen LogP contribution in [0.15, 0.2) is 23.8 Å². The van der Waals surface area contributed by atoms with Gasteiger partial charge in [0.25, 0.3) is 0 Å². The molecule has 4 fully saturated rings. The highest BCUT2D eigenvalue weighted by molar-refractivity contribution is 6.23. The Labute approximate surface area is 197 Å². The van der Waals surface area contributed by atoms with Crippen LogP contribution in [0.3, 0.4) is 0 Å². The second-order valence-electron chi connectivity index (χ2n) is 10.6. The van der Waals surface area contributed by atoms with E-state index in [4.69, 9.17) is 25.8 Å². The smallest absolute Gasteiger partial charge is 0.303 e. The van der Waals surface area contributed by atoms with Crippen molar-refractivity contribution >= 4 is 35.1 Å². The molecule has 7 nitrogen and oxygen atoms in total. The number of carbonyl (C=O) groups excluding carboxylic acids is 4. The van der Waals surface area contributed by atoms with Crippen LogP contribution in [0.4, 0.5) is 0 Å². The van der Waals surface area contributed by atoms with Gasteiger partial charge in [0, 0.05) is 24.7 Å². The second-order valence-corrected chi connectivity index (χ2v) is 11.2. The van der Waals surface area contributed by atoms with Crippen LogP contribution < -0.4 is 0 Å². The molecule has 8 atom stereocenters. The molecule has 1 aliphatic heterocycles. The molecule has 2 unspecified atom stereocenters. The first kappa shape index (κ1) is 22.8. The summed E-state index contributed by atoms with van der Waals surface area (Å²) in [6.45, 7) is 6.21. The molecule has 1 saturated heterocycles. The van der Waals surface area contributed by atoms with Crippen molar-refractivity contribution in [3.05, 3.63) is 23.8 Å². The average molecular weight is 477 g/mol. The highest BCUT2D eigenvalue weighted by atomic mass is 35.5. The summed E-state index contributed by atoms with van der Waals surface area (Å²) in [5.74, 6) is -1.50. The predicted molar refractivity (Wildman–Crippen MR) is 117 cm³/mol. The largest absolute Gasteiger partial charge is 0.458 e. The van der Waals surface area contributed by atoms with Gasteiger partial charge in [0.2, 0.25) is 5.78 Å². The van der Waals surface area contributed by atoms with Gasteiger partial charge in [0.05, 0.1) is 11.5 Å². The number of halogens is 1. The molecule has 0 amide bonds. The SMILES string of the molecule is CC(=O)OCC(=O)[C@@]1(OC(C)=O)CC[C@H]2[C@@H]3CC(Cl)C4=CC(=O)C=C[C@]4(C)[C@]34OC4C[C@@]21C. The maximum Gasteiger partial charge on any atom is 0.303 e. The Morgan fingerprint density at radius 1 is 1.18 bits per heavy atom. The van der Waals surface area contributed by atoms with Crippen molar-refractivity contribution in [1.82, 2.24) is 0 Å². The van der Waals surface area contributed by atoms with Crippen molar-refractivity contribution in [2.45, 2.75) is 76.1 Å². The van der Waals surface area contributed by atoms with Crippen LogP contribution in [-0.2, 0) is 33.4 Å². The minimum Gasteiger partial charge on any atom is -0.458 e. The van der Waals surface area contributed by atoms with Gasteiger partial charge in [-0.05, 0) is 62.2 Å². The van der Waals surface area contributed by atoms with E-state index in [2.05, 4.69) is 6.92 Å². The zero-order chi connectivity index (χ0) is 24.0. The number of Topliss-reactive ketones (excluding diaryl/α,β-unsaturated/α-hetero) is 1. The molecule has 8 heteroatoms. The van der Waals surface area contributed by atoms with E-state index < -0.39 is 40.6 Å². The molecule has 0 aromatic heterocycles. The van der Waals surface area contributed by atoms with E-state index in [1.165, 1.54) is 13.8 Å². The maximum atomic E-state index is 13.5. The summed E-state index contributed by atoms with van der Waals surface area (Å²) in [7, 11) is 0. The lowest BCUT2D eigenvalue weighted by Crippen LogP contribution is -2.63. The normalized spacial score (nSPS) is 46.8. The van der Waals surface area contributed by atoms with Crippen LogP contribution in [0, 0.1) is 22.7 Å². The summed E-state index contributed by atoms with van der Waals surface area (Å²) in [6.07, 6.45) is 7.21. The predicted octanol–water partition coefficient (Wildman–Crippen LogP) is 3.08. The molecular weight excluding hydrogens is 448 g/mol. The number of alkyl halides is 1. The third kappa shape index (κ3) is 2.78. The minimum absolute atomic E-state index is 0.0162. The van der Waals surface area contributed by atoms with Crippen LogP contribution in [0.5, 0.6) is 0 Å². The Hall–Kier alpha value is -1.99. The van der Waals surface area contributed by atoms with E-state index in [0.29, 0.717) is 25.7 Å². The lowest BCUT2D eigenvalue weighted by Gasteiger charge is -2.56. The summed E-state index contributed by atoms with van der Waals surface area (Å²) >= 11 is 6.86. The summed E-state index contributed by atoms with van der Waals surface area (Å²) in [6, 6.07) is 0. The van der Waals surface area contributed by atoms with Gasteiger partial charge < -0.3 is 14.2 Å².